The molecule has 0 amide bonds. The van der Waals surface area contributed by atoms with Crippen molar-refractivity contribution in [3.63, 3.8) is 0 Å². The monoisotopic (exact) mass is 868 g/mol. The Morgan fingerprint density at radius 2 is 1.43 bits per heavy atom. The second-order valence-electron chi connectivity index (χ2n) is 13.9. The first kappa shape index (κ1) is 33.2. The number of imidazole rings is 1. The molecule has 0 N–H and O–H groups in total. The zero-order chi connectivity index (χ0) is 35.1. The maximum absolute atomic E-state index is 6.71. The predicted octanol–water partition coefficient (Wildman–Crippen LogP) is 9.10. The van der Waals surface area contributed by atoms with E-state index in [4.69, 9.17) is 19.2 Å². The van der Waals surface area contributed by atoms with E-state index >= 15 is 0 Å². The smallest absolute Gasteiger partial charge is 0.518 e. The molecule has 0 spiro atoms. The van der Waals surface area contributed by atoms with Crippen molar-refractivity contribution in [2.45, 2.75) is 33.6 Å². The Kier molecular flexibility index (Phi) is 8.01. The molecule has 2 aliphatic heterocycles. The molecule has 0 radical (unpaired) electrons. The molecule has 258 valence electrons. The third-order valence-electron chi connectivity index (χ3n) is 10.3. The van der Waals surface area contributed by atoms with E-state index in [0.29, 0.717) is 11.6 Å². The van der Waals surface area contributed by atoms with Crippen LogP contribution in [0.15, 0.2) is 115 Å². The maximum Gasteiger partial charge on any atom is 2.00 e. The van der Waals surface area contributed by atoms with Gasteiger partial charge >= 0.3 is 21.1 Å². The van der Waals surface area contributed by atoms with E-state index in [9.17, 15) is 0 Å². The van der Waals surface area contributed by atoms with Gasteiger partial charge in [0, 0.05) is 40.0 Å². The first-order valence-electron chi connectivity index (χ1n) is 17.6. The molecule has 10 rings (SSSR count). The van der Waals surface area contributed by atoms with Crippen LogP contribution >= 0.6 is 0 Å². The van der Waals surface area contributed by atoms with Crippen LogP contribution in [0.5, 0.6) is 34.6 Å². The molecule has 6 nitrogen and oxygen atoms in total. The summed E-state index contributed by atoms with van der Waals surface area (Å²) >= 11 is 0. The van der Waals surface area contributed by atoms with E-state index in [0.717, 1.165) is 83.8 Å². The van der Waals surface area contributed by atoms with Gasteiger partial charge in [0.2, 0.25) is 12.6 Å². The summed E-state index contributed by atoms with van der Waals surface area (Å²) in [5.74, 6) is 5.21. The molecule has 0 unspecified atom stereocenters. The second kappa shape index (κ2) is 12.8. The topological polar surface area (TPSA) is 58.4 Å². The minimum absolute atomic E-state index is 0. The van der Waals surface area contributed by atoms with E-state index < -0.39 is 0 Å². The number of benzene rings is 6. The zero-order valence-electron chi connectivity index (χ0n) is 29.5. The van der Waals surface area contributed by atoms with Gasteiger partial charge in [-0.05, 0) is 78.2 Å². The van der Waals surface area contributed by atoms with Crippen LogP contribution in [0.4, 0.5) is 0 Å². The predicted molar refractivity (Wildman–Crippen MR) is 207 cm³/mol. The molecular weight excluding hydrogens is 836 g/mol. The molecule has 2 aliphatic rings. The van der Waals surface area contributed by atoms with E-state index in [1.807, 2.05) is 42.5 Å². The number of nitrogens with zero attached hydrogens (tertiary/aromatic N) is 3. The molecule has 2 aromatic heterocycles. The summed E-state index contributed by atoms with van der Waals surface area (Å²) in [6.45, 7) is 8.39. The van der Waals surface area contributed by atoms with Gasteiger partial charge in [-0.25, -0.2) is 4.98 Å². The molecule has 0 fully saturated rings. The Labute approximate surface area is 322 Å². The summed E-state index contributed by atoms with van der Waals surface area (Å²) in [4.78, 5) is 9.79. The number of aromatic nitrogens is 3. The largest absolute Gasteiger partial charge is 2.00 e. The van der Waals surface area contributed by atoms with Crippen molar-refractivity contribution in [2.75, 3.05) is 0 Å². The van der Waals surface area contributed by atoms with Crippen molar-refractivity contribution < 1.29 is 35.3 Å². The van der Waals surface area contributed by atoms with Crippen molar-refractivity contribution in [1.82, 2.24) is 14.5 Å². The fourth-order valence-electron chi connectivity index (χ4n) is 7.72. The van der Waals surface area contributed by atoms with E-state index in [-0.39, 0.29) is 33.7 Å². The van der Waals surface area contributed by atoms with Crippen LogP contribution in [-0.4, -0.2) is 21.2 Å². The number of rotatable bonds is 5. The number of fused-ring (bicyclic) bond motifs is 6. The van der Waals surface area contributed by atoms with Crippen molar-refractivity contribution in [2.24, 2.45) is 0 Å². The average molecular weight is 869 g/mol. The fraction of sp³-hybridized carbons (Fsp3) is 0.111. The maximum atomic E-state index is 6.71. The van der Waals surface area contributed by atoms with Gasteiger partial charge in [-0.1, -0.05) is 62.4 Å². The quantitative estimate of drug-likeness (QED) is 0.128. The van der Waals surface area contributed by atoms with Gasteiger partial charge in [0.05, 0.1) is 16.9 Å². The number of pyridine rings is 1. The summed E-state index contributed by atoms with van der Waals surface area (Å²) < 4.78 is 22.1. The average Bonchev–Trinajstić information content (AvgIpc) is 3.54. The minimum atomic E-state index is -0.277. The number of ether oxygens (including phenoxy) is 3. The Bertz CT molecular complexity index is 2720. The normalized spacial score (nSPS) is 12.4. The van der Waals surface area contributed by atoms with Crippen molar-refractivity contribution in [3.8, 4) is 51.7 Å². The molecule has 0 bridgehead atoms. The van der Waals surface area contributed by atoms with Crippen molar-refractivity contribution in [3.05, 3.63) is 144 Å². The molecule has 0 saturated heterocycles. The van der Waals surface area contributed by atoms with Crippen molar-refractivity contribution >= 4 is 44.9 Å². The van der Waals surface area contributed by atoms with E-state index in [1.165, 1.54) is 11.1 Å². The number of para-hydroxylation sites is 3. The Morgan fingerprint density at radius 1 is 0.736 bits per heavy atom. The number of hydrogen-bond donors (Lipinski definition) is 0. The fourth-order valence-corrected chi connectivity index (χ4v) is 7.72. The molecule has 6 aromatic carbocycles. The zero-order valence-corrected chi connectivity index (χ0v) is 31.8. The van der Waals surface area contributed by atoms with Gasteiger partial charge in [0.15, 0.2) is 0 Å². The molecule has 53 heavy (non-hydrogen) atoms. The third-order valence-corrected chi connectivity index (χ3v) is 10.3. The van der Waals surface area contributed by atoms with Crippen LogP contribution in [0.2, 0.25) is 0 Å². The van der Waals surface area contributed by atoms with Crippen LogP contribution in [0.1, 0.15) is 36.5 Å². The Morgan fingerprint density at radius 3 is 2.21 bits per heavy atom. The Hall–Kier alpha value is -5.65. The van der Waals surface area contributed by atoms with Crippen LogP contribution < -0.4 is 30.6 Å². The molecule has 0 atom stereocenters. The van der Waals surface area contributed by atoms with Gasteiger partial charge in [-0.3, -0.25) is 4.98 Å². The standard InChI is InChI=1S/C45H32BN3O3.Pt/c1-26(2)31-23-40-42-41(24-31)52-39-19-17-32(50-45-33-13-6-5-12-29(33)20-21-47-45)25-35(39)46(42)34-22-30(16-18-38(34)51-40)44-48-36-14-7-8-15-37(36)49(44)43-27(3)10-9-11-28(43)4;/h5-21,23-24,26H,1-4H3;/q-2;+2. The van der Waals surface area contributed by atoms with Gasteiger partial charge in [0.25, 0.3) is 0 Å². The minimum Gasteiger partial charge on any atom is -0.518 e. The van der Waals surface area contributed by atoms with Gasteiger partial charge < -0.3 is 18.8 Å². The molecule has 4 heterocycles. The SMILES string of the molecule is Cc1cccc(C)c1-n1c(-c2[c-]c3c(cc2)Oc2cc(C(C)C)cc4c2B3c2[c-]c(Oc3nccc5ccccc35)ccc2O4)nc2ccccc21.[Pt+2]. The van der Waals surface area contributed by atoms with Crippen LogP contribution in [0.25, 0.3) is 38.9 Å². The van der Waals surface area contributed by atoms with Crippen molar-refractivity contribution in [1.29, 1.82) is 0 Å². The molecular formula is C45H32BN3O3Pt. The van der Waals surface area contributed by atoms with Gasteiger partial charge in [-0.15, -0.1) is 52.9 Å². The third kappa shape index (κ3) is 5.37. The first-order valence-corrected chi connectivity index (χ1v) is 17.6. The summed E-state index contributed by atoms with van der Waals surface area (Å²) in [5, 5.41) is 1.99. The first-order chi connectivity index (χ1) is 25.4. The second-order valence-corrected chi connectivity index (χ2v) is 13.9. The number of hydrogen-bond acceptors (Lipinski definition) is 5. The van der Waals surface area contributed by atoms with Crippen LogP contribution in [0.3, 0.4) is 0 Å². The summed E-state index contributed by atoms with van der Waals surface area (Å²) in [5.41, 5.74) is 10.1. The summed E-state index contributed by atoms with van der Waals surface area (Å²) in [7, 11) is 0. The van der Waals surface area contributed by atoms with Gasteiger partial charge in [-0.2, -0.15) is 0 Å². The number of aryl methyl sites for hydroxylation is 2. The van der Waals surface area contributed by atoms with Gasteiger partial charge in [0.1, 0.15) is 11.5 Å². The van der Waals surface area contributed by atoms with E-state index in [1.54, 1.807) is 6.20 Å². The Balaban J connectivity index is 0.00000372. The van der Waals surface area contributed by atoms with E-state index in [2.05, 4.69) is 116 Å². The molecule has 8 heteroatoms. The molecule has 0 aliphatic carbocycles. The van der Waals surface area contributed by atoms with Crippen LogP contribution in [-0.2, 0) is 21.1 Å². The molecule has 0 saturated carbocycles. The molecule has 8 aromatic rings. The summed E-state index contributed by atoms with van der Waals surface area (Å²) in [6.07, 6.45) is 1.77. The van der Waals surface area contributed by atoms with Crippen LogP contribution in [0, 0.1) is 26.0 Å². The summed E-state index contributed by atoms with van der Waals surface area (Å²) in [6, 6.07) is 44.5.